The molecular weight excluding hydrogens is 412 g/mol. The molecule has 5 nitrogen and oxygen atoms in total. The van der Waals surface area contributed by atoms with Crippen LogP contribution in [0.2, 0.25) is 5.02 Å². The van der Waals surface area contributed by atoms with Crippen LogP contribution in [0.5, 0.6) is 0 Å². The van der Waals surface area contributed by atoms with Crippen molar-refractivity contribution in [2.45, 2.75) is 72.3 Å². The Labute approximate surface area is 191 Å². The monoisotopic (exact) mass is 446 g/mol. The molecule has 1 heterocycles. The Balaban J connectivity index is 1.86. The van der Waals surface area contributed by atoms with Crippen LogP contribution in [-0.4, -0.2) is 30.1 Å². The largest absolute Gasteiger partial charge is 0.466 e. The van der Waals surface area contributed by atoms with Crippen LogP contribution >= 0.6 is 11.6 Å². The average Bonchev–Trinajstić information content (AvgIpc) is 2.65. The molecule has 1 aromatic rings. The molecule has 6 heteroatoms. The molecule has 170 valence electrons. The number of nitrogens with one attached hydrogen (secondary N) is 1. The van der Waals surface area contributed by atoms with Gasteiger partial charge in [-0.15, -0.1) is 0 Å². The molecule has 0 spiro atoms. The van der Waals surface area contributed by atoms with E-state index in [-0.39, 0.29) is 30.9 Å². The Bertz CT molecular complexity index is 885. The molecule has 1 N–H and O–H groups in total. The van der Waals surface area contributed by atoms with Crippen LogP contribution in [0, 0.1) is 11.3 Å². The number of hydrogen-bond donors (Lipinski definition) is 1. The van der Waals surface area contributed by atoms with Gasteiger partial charge in [0.2, 0.25) is 0 Å². The number of carbonyl (C=O) groups excluding carboxylic acids is 2. The van der Waals surface area contributed by atoms with Gasteiger partial charge >= 0.3 is 12.0 Å². The molecule has 0 saturated heterocycles. The van der Waals surface area contributed by atoms with Crippen LogP contribution in [0.1, 0.15) is 77.8 Å². The second-order valence-electron chi connectivity index (χ2n) is 10.0. The van der Waals surface area contributed by atoms with Crippen molar-refractivity contribution in [3.63, 3.8) is 0 Å². The molecule has 2 aliphatic rings. The SMILES string of the molecule is CCOC(=O)CCN1C=C(C(C)C)[C@](C)(c2ccc(C3CC(C)(C)C3)c(Cl)c2)NC1=O. The van der Waals surface area contributed by atoms with Gasteiger partial charge in [0.05, 0.1) is 18.6 Å². The number of esters is 1. The van der Waals surface area contributed by atoms with E-state index in [9.17, 15) is 9.59 Å². The quantitative estimate of drug-likeness (QED) is 0.524. The number of amides is 2. The summed E-state index contributed by atoms with van der Waals surface area (Å²) in [6.07, 6.45) is 4.34. The molecule has 2 amide bonds. The summed E-state index contributed by atoms with van der Waals surface area (Å²) in [5, 5.41) is 3.94. The fourth-order valence-corrected chi connectivity index (χ4v) is 5.29. The summed E-state index contributed by atoms with van der Waals surface area (Å²) in [4.78, 5) is 26.2. The molecule has 31 heavy (non-hydrogen) atoms. The third-order valence-corrected chi connectivity index (χ3v) is 6.92. The molecular formula is C25H35ClN2O3. The number of nitrogens with zero attached hydrogens (tertiary/aromatic N) is 1. The summed E-state index contributed by atoms with van der Waals surface area (Å²) in [5.41, 5.74) is 2.97. The van der Waals surface area contributed by atoms with Gasteiger partial charge in [0.1, 0.15) is 0 Å². The van der Waals surface area contributed by atoms with Crippen LogP contribution < -0.4 is 5.32 Å². The third kappa shape index (κ3) is 4.92. The zero-order chi connectivity index (χ0) is 23.0. The summed E-state index contributed by atoms with van der Waals surface area (Å²) in [7, 11) is 0. The molecule has 1 aliphatic heterocycles. The molecule has 0 aromatic heterocycles. The minimum atomic E-state index is -0.660. The van der Waals surface area contributed by atoms with E-state index in [0.29, 0.717) is 17.9 Å². The zero-order valence-corrected chi connectivity index (χ0v) is 20.3. The van der Waals surface area contributed by atoms with E-state index in [1.807, 2.05) is 19.2 Å². The van der Waals surface area contributed by atoms with Crippen LogP contribution in [0.25, 0.3) is 0 Å². The molecule has 1 atom stereocenters. The normalized spacial score (nSPS) is 23.3. The van der Waals surface area contributed by atoms with Crippen LogP contribution in [0.4, 0.5) is 4.79 Å². The van der Waals surface area contributed by atoms with Crippen LogP contribution in [0.3, 0.4) is 0 Å². The van der Waals surface area contributed by atoms with E-state index < -0.39 is 5.54 Å². The first-order valence-electron chi connectivity index (χ1n) is 11.2. The van der Waals surface area contributed by atoms with Gasteiger partial charge in [-0.25, -0.2) is 4.79 Å². The van der Waals surface area contributed by atoms with Crippen molar-refractivity contribution in [3.05, 3.63) is 46.1 Å². The molecule has 0 unspecified atom stereocenters. The lowest BCUT2D eigenvalue weighted by atomic mass is 9.62. The third-order valence-electron chi connectivity index (χ3n) is 6.59. The fraction of sp³-hybridized carbons (Fsp3) is 0.600. The zero-order valence-electron chi connectivity index (χ0n) is 19.5. The van der Waals surface area contributed by atoms with Gasteiger partial charge in [-0.05, 0) is 66.7 Å². The highest BCUT2D eigenvalue weighted by Gasteiger charge is 2.41. The maximum absolute atomic E-state index is 12.9. The highest BCUT2D eigenvalue weighted by molar-refractivity contribution is 6.31. The molecule has 1 saturated carbocycles. The Morgan fingerprint density at radius 1 is 1.29 bits per heavy atom. The number of urea groups is 1. The Morgan fingerprint density at radius 2 is 1.97 bits per heavy atom. The maximum atomic E-state index is 12.9. The van der Waals surface area contributed by atoms with Crippen molar-refractivity contribution in [2.24, 2.45) is 11.3 Å². The lowest BCUT2D eigenvalue weighted by Gasteiger charge is -2.44. The number of rotatable bonds is 7. The highest BCUT2D eigenvalue weighted by Crippen LogP contribution is 2.52. The van der Waals surface area contributed by atoms with Gasteiger partial charge in [-0.2, -0.15) is 0 Å². The van der Waals surface area contributed by atoms with Crippen molar-refractivity contribution >= 4 is 23.6 Å². The van der Waals surface area contributed by atoms with Crippen LogP contribution in [-0.2, 0) is 15.1 Å². The topological polar surface area (TPSA) is 58.6 Å². The minimum absolute atomic E-state index is 0.165. The average molecular weight is 447 g/mol. The maximum Gasteiger partial charge on any atom is 0.322 e. The predicted octanol–water partition coefficient (Wildman–Crippen LogP) is 5.98. The summed E-state index contributed by atoms with van der Waals surface area (Å²) < 4.78 is 4.99. The van der Waals surface area contributed by atoms with Gasteiger partial charge in [-0.1, -0.05) is 51.4 Å². The fourth-order valence-electron chi connectivity index (χ4n) is 4.95. The molecule has 1 fully saturated rings. The molecule has 3 rings (SSSR count). The van der Waals surface area contributed by atoms with Gasteiger partial charge in [0.15, 0.2) is 0 Å². The van der Waals surface area contributed by atoms with E-state index in [0.717, 1.165) is 29.0 Å². The standard InChI is InChI=1S/C25H35ClN2O3/c1-7-31-22(29)10-11-28-15-20(16(2)3)25(6,27-23(28)30)18-8-9-19(21(26)12-18)17-13-24(4,5)14-17/h8-9,12,15-17H,7,10-11,13-14H2,1-6H3,(H,27,30)/t25-/m0/s1. The highest BCUT2D eigenvalue weighted by atomic mass is 35.5. The van der Waals surface area contributed by atoms with Gasteiger partial charge in [0, 0.05) is 17.8 Å². The first-order valence-corrected chi connectivity index (χ1v) is 11.6. The van der Waals surface area contributed by atoms with E-state index >= 15 is 0 Å². The van der Waals surface area contributed by atoms with Crippen molar-refractivity contribution in [2.75, 3.05) is 13.2 Å². The molecule has 0 bridgehead atoms. The van der Waals surface area contributed by atoms with Crippen molar-refractivity contribution in [3.8, 4) is 0 Å². The van der Waals surface area contributed by atoms with Gasteiger partial charge in [0.25, 0.3) is 0 Å². The number of benzene rings is 1. The summed E-state index contributed by atoms with van der Waals surface area (Å²) in [5.74, 6) is 0.398. The molecule has 0 radical (unpaired) electrons. The van der Waals surface area contributed by atoms with Gasteiger partial charge < -0.3 is 15.0 Å². The van der Waals surface area contributed by atoms with E-state index in [1.54, 1.807) is 11.8 Å². The van der Waals surface area contributed by atoms with Crippen molar-refractivity contribution < 1.29 is 14.3 Å². The number of halogens is 1. The second kappa shape index (κ2) is 8.85. The van der Waals surface area contributed by atoms with Crippen LogP contribution in [0.15, 0.2) is 30.0 Å². The van der Waals surface area contributed by atoms with E-state index in [2.05, 4.69) is 45.1 Å². The van der Waals surface area contributed by atoms with E-state index in [4.69, 9.17) is 16.3 Å². The number of hydrogen-bond acceptors (Lipinski definition) is 3. The Hall–Kier alpha value is -2.01. The summed E-state index contributed by atoms with van der Waals surface area (Å²) >= 11 is 6.72. The molecule has 1 aliphatic carbocycles. The summed E-state index contributed by atoms with van der Waals surface area (Å²) in [6, 6.07) is 6.00. The van der Waals surface area contributed by atoms with Gasteiger partial charge in [-0.3, -0.25) is 4.79 Å². The number of ether oxygens (including phenoxy) is 1. The lowest BCUT2D eigenvalue weighted by Crippen LogP contribution is -2.55. The Morgan fingerprint density at radius 3 is 2.52 bits per heavy atom. The van der Waals surface area contributed by atoms with Crippen molar-refractivity contribution in [1.82, 2.24) is 10.2 Å². The predicted molar refractivity (Wildman–Crippen MR) is 124 cm³/mol. The minimum Gasteiger partial charge on any atom is -0.466 e. The first kappa shape index (κ1) is 23.6. The van der Waals surface area contributed by atoms with Crippen molar-refractivity contribution in [1.29, 1.82) is 0 Å². The Kier molecular flexibility index (Phi) is 6.75. The molecule has 1 aromatic carbocycles. The second-order valence-corrected chi connectivity index (χ2v) is 10.5. The summed E-state index contributed by atoms with van der Waals surface area (Å²) in [6.45, 7) is 13.2. The van der Waals surface area contributed by atoms with E-state index in [1.165, 1.54) is 5.56 Å². The smallest absolute Gasteiger partial charge is 0.322 e. The first-order chi connectivity index (χ1) is 14.5. The number of carbonyl (C=O) groups is 2. The lowest BCUT2D eigenvalue weighted by molar-refractivity contribution is -0.143.